The van der Waals surface area contributed by atoms with E-state index in [0.717, 1.165) is 0 Å². The van der Waals surface area contributed by atoms with E-state index >= 15 is 0 Å². The molecule has 4 N–H and O–H groups in total. The van der Waals surface area contributed by atoms with Crippen LogP contribution in [0.15, 0.2) is 0 Å². The van der Waals surface area contributed by atoms with Crippen molar-refractivity contribution in [1.29, 1.82) is 0 Å². The number of rotatable bonds is 3. The fraction of sp³-hybridized carbons (Fsp3) is 0.667. The third-order valence-corrected chi connectivity index (χ3v) is 1.38. The third-order valence-electron chi connectivity index (χ3n) is 0.670. The first-order valence-electron chi connectivity index (χ1n) is 2.16. The van der Waals surface area contributed by atoms with Crippen molar-refractivity contribution in [3.63, 3.8) is 0 Å². The summed E-state index contributed by atoms with van der Waals surface area (Å²) >= 11 is 0. The van der Waals surface area contributed by atoms with Crippen molar-refractivity contribution in [1.82, 2.24) is 0 Å². The molecule has 0 spiro atoms. The molecule has 52 valence electrons. The van der Waals surface area contributed by atoms with Gasteiger partial charge in [0.05, 0.1) is 0 Å². The Labute approximate surface area is 80.8 Å². The summed E-state index contributed by atoms with van der Waals surface area (Å²) in [5.41, 5.74) is 4.87. The average Bonchev–Trinajstić information content (AvgIpc) is 1.63. The summed E-state index contributed by atoms with van der Waals surface area (Å²) < 4.78 is 9.92. The van der Waals surface area contributed by atoms with Crippen LogP contribution in [0.3, 0.4) is 0 Å². The molecule has 0 aromatic rings. The fourth-order valence-electron chi connectivity index (χ4n) is 0.246. The van der Waals surface area contributed by atoms with Crippen molar-refractivity contribution in [2.24, 2.45) is 5.73 Å². The van der Waals surface area contributed by atoms with Crippen LogP contribution in [0.25, 0.3) is 0 Å². The van der Waals surface area contributed by atoms with E-state index in [-0.39, 0.29) is 35.7 Å². The molecule has 0 aromatic carbocycles. The SMILES string of the molecule is N[C@@H](C[P+](=O)O)C(=O)O.[Na+]. The topological polar surface area (TPSA) is 101 Å². The van der Waals surface area contributed by atoms with E-state index < -0.39 is 20.0 Å². The first kappa shape index (κ1) is 13.1. The molecule has 0 saturated heterocycles. The Morgan fingerprint density at radius 2 is 2.10 bits per heavy atom. The first-order chi connectivity index (χ1) is 4.04. The summed E-state index contributed by atoms with van der Waals surface area (Å²) in [4.78, 5) is 18.0. The van der Waals surface area contributed by atoms with Crippen molar-refractivity contribution in [2.75, 3.05) is 6.16 Å². The van der Waals surface area contributed by atoms with Gasteiger partial charge in [-0.05, 0) is 4.57 Å². The maximum absolute atomic E-state index is 9.92. The molecule has 2 atom stereocenters. The Kier molecular flexibility index (Phi) is 8.15. The van der Waals surface area contributed by atoms with Crippen molar-refractivity contribution in [3.8, 4) is 0 Å². The summed E-state index contributed by atoms with van der Waals surface area (Å²) in [6, 6.07) is -1.22. The number of hydrogen-bond acceptors (Lipinski definition) is 3. The Morgan fingerprint density at radius 1 is 1.70 bits per heavy atom. The summed E-state index contributed by atoms with van der Waals surface area (Å²) in [6.07, 6.45) is -0.384. The molecule has 0 bridgehead atoms. The number of nitrogens with two attached hydrogens (primary N) is 1. The predicted molar refractivity (Wildman–Crippen MR) is 30.3 cm³/mol. The molecular formula is C3H7NNaO4P+2. The molecule has 10 heavy (non-hydrogen) atoms. The van der Waals surface area contributed by atoms with E-state index in [0.29, 0.717) is 0 Å². The molecule has 0 aliphatic heterocycles. The molecule has 7 heteroatoms. The van der Waals surface area contributed by atoms with Gasteiger partial charge in [0.25, 0.3) is 0 Å². The monoisotopic (exact) mass is 175 g/mol. The van der Waals surface area contributed by atoms with Crippen LogP contribution in [-0.2, 0) is 9.36 Å². The second-order valence-electron chi connectivity index (χ2n) is 1.48. The second kappa shape index (κ2) is 6.22. The minimum Gasteiger partial charge on any atom is -0.480 e. The van der Waals surface area contributed by atoms with Gasteiger partial charge in [-0.15, -0.1) is 0 Å². The van der Waals surface area contributed by atoms with Crippen LogP contribution >= 0.6 is 8.03 Å². The minimum absolute atomic E-state index is 0. The Morgan fingerprint density at radius 3 is 2.20 bits per heavy atom. The van der Waals surface area contributed by atoms with Gasteiger partial charge in [0.1, 0.15) is 0 Å². The van der Waals surface area contributed by atoms with Crippen molar-refractivity contribution in [3.05, 3.63) is 0 Å². The van der Waals surface area contributed by atoms with Gasteiger partial charge in [0.2, 0.25) is 6.16 Å². The van der Waals surface area contributed by atoms with Crippen molar-refractivity contribution < 1.29 is 48.9 Å². The maximum Gasteiger partial charge on any atom is 1.00 e. The van der Waals surface area contributed by atoms with Gasteiger partial charge >= 0.3 is 43.6 Å². The van der Waals surface area contributed by atoms with Gasteiger partial charge < -0.3 is 10.8 Å². The predicted octanol–water partition coefficient (Wildman–Crippen LogP) is -3.86. The van der Waals surface area contributed by atoms with E-state index in [4.69, 9.17) is 15.7 Å². The van der Waals surface area contributed by atoms with E-state index in [1.807, 2.05) is 0 Å². The quantitative estimate of drug-likeness (QED) is 0.301. The molecule has 0 radical (unpaired) electrons. The first-order valence-corrected chi connectivity index (χ1v) is 3.55. The normalized spacial score (nSPS) is 13.2. The van der Waals surface area contributed by atoms with E-state index in [2.05, 4.69) is 0 Å². The molecule has 0 aliphatic carbocycles. The average molecular weight is 175 g/mol. The van der Waals surface area contributed by atoms with Gasteiger partial charge in [-0.2, -0.15) is 4.89 Å². The van der Waals surface area contributed by atoms with Crippen LogP contribution in [-0.4, -0.2) is 28.2 Å². The molecule has 0 fully saturated rings. The van der Waals surface area contributed by atoms with Gasteiger partial charge in [0, 0.05) is 0 Å². The van der Waals surface area contributed by atoms with Gasteiger partial charge in [0.15, 0.2) is 6.04 Å². The molecule has 0 saturated carbocycles. The van der Waals surface area contributed by atoms with E-state index in [1.165, 1.54) is 0 Å². The molecule has 0 heterocycles. The maximum atomic E-state index is 9.92. The third kappa shape index (κ3) is 6.61. The molecule has 0 aromatic heterocycles. The summed E-state index contributed by atoms with van der Waals surface area (Å²) in [7, 11) is -2.43. The zero-order valence-electron chi connectivity index (χ0n) is 5.52. The Bertz CT molecular complexity index is 140. The summed E-state index contributed by atoms with van der Waals surface area (Å²) in [6.45, 7) is 0. The van der Waals surface area contributed by atoms with Crippen LogP contribution in [0, 0.1) is 0 Å². The van der Waals surface area contributed by atoms with Crippen LogP contribution in [0.2, 0.25) is 0 Å². The zero-order chi connectivity index (χ0) is 7.44. The number of carbonyl (C=O) groups is 1. The van der Waals surface area contributed by atoms with E-state index in [1.54, 1.807) is 0 Å². The smallest absolute Gasteiger partial charge is 0.480 e. The largest absolute Gasteiger partial charge is 1.00 e. The van der Waals surface area contributed by atoms with E-state index in [9.17, 15) is 9.36 Å². The van der Waals surface area contributed by atoms with Gasteiger partial charge in [-0.3, -0.25) is 4.79 Å². The van der Waals surface area contributed by atoms with Crippen LogP contribution in [0.1, 0.15) is 0 Å². The molecule has 0 amide bonds. The second-order valence-corrected chi connectivity index (χ2v) is 2.55. The molecule has 0 rings (SSSR count). The van der Waals surface area contributed by atoms with Crippen LogP contribution < -0.4 is 35.3 Å². The number of carboxylic acid groups (broad SMARTS) is 1. The standard InChI is InChI=1S/C3H6NO4P.Na/c4-2(3(5)6)1-9(7)8;/h2H,1,4H2,(H-,5,6,7,8);/q;+1/p+1/t2-;/m0./s1. The molecular weight excluding hydrogens is 168 g/mol. The fourth-order valence-corrected chi connectivity index (χ4v) is 0.739. The number of hydrogen-bond donors (Lipinski definition) is 3. The zero-order valence-corrected chi connectivity index (χ0v) is 8.41. The Balaban J connectivity index is 0. The van der Waals surface area contributed by atoms with Crippen LogP contribution in [0.4, 0.5) is 0 Å². The summed E-state index contributed by atoms with van der Waals surface area (Å²) in [5, 5.41) is 8.07. The number of aliphatic carboxylic acids is 1. The number of carboxylic acids is 1. The van der Waals surface area contributed by atoms with Gasteiger partial charge in [-0.1, -0.05) is 0 Å². The molecule has 5 nitrogen and oxygen atoms in total. The molecule has 1 unspecified atom stereocenters. The van der Waals surface area contributed by atoms with Crippen LogP contribution in [0.5, 0.6) is 0 Å². The Hall–Kier alpha value is 0.490. The van der Waals surface area contributed by atoms with Crippen molar-refractivity contribution in [2.45, 2.75) is 6.04 Å². The molecule has 0 aliphatic rings. The van der Waals surface area contributed by atoms with Gasteiger partial charge in [-0.25, -0.2) is 0 Å². The minimum atomic E-state index is -2.43. The van der Waals surface area contributed by atoms with Crippen molar-refractivity contribution >= 4 is 14.0 Å². The summed E-state index contributed by atoms with van der Waals surface area (Å²) in [5.74, 6) is -1.26.